The van der Waals surface area contributed by atoms with Gasteiger partial charge in [0.1, 0.15) is 11.4 Å². The van der Waals surface area contributed by atoms with Crippen LogP contribution in [0.4, 0.5) is 9.18 Å². The fourth-order valence-corrected chi connectivity index (χ4v) is 1.81. The first-order chi connectivity index (χ1) is 9.67. The molecule has 0 aliphatic carbocycles. The van der Waals surface area contributed by atoms with Crippen LogP contribution in [0.3, 0.4) is 0 Å². The van der Waals surface area contributed by atoms with E-state index in [-0.39, 0.29) is 11.9 Å². The molecule has 0 radical (unpaired) electrons. The Labute approximate surface area is 133 Å². The minimum Gasteiger partial charge on any atom is -0.444 e. The van der Waals surface area contributed by atoms with Gasteiger partial charge in [0.05, 0.1) is 4.47 Å². The van der Waals surface area contributed by atoms with Crippen LogP contribution >= 0.6 is 15.9 Å². The summed E-state index contributed by atoms with van der Waals surface area (Å²) in [5.74, 6) is -0.283. The summed E-state index contributed by atoms with van der Waals surface area (Å²) in [4.78, 5) is 11.5. The molecule has 0 heterocycles. The number of alkyl carbamates (subject to hydrolysis) is 1. The lowest BCUT2D eigenvalue weighted by molar-refractivity contribution is 0.0523. The fourth-order valence-electron chi connectivity index (χ4n) is 1.56. The topological polar surface area (TPSA) is 50.4 Å². The van der Waals surface area contributed by atoms with Crippen molar-refractivity contribution in [3.8, 4) is 0 Å². The first kappa shape index (κ1) is 17.9. The Morgan fingerprint density at radius 1 is 1.43 bits per heavy atom. The number of amides is 1. The van der Waals surface area contributed by atoms with Crippen molar-refractivity contribution in [3.05, 3.63) is 34.1 Å². The Balaban J connectivity index is 2.32. The van der Waals surface area contributed by atoms with E-state index in [0.29, 0.717) is 17.6 Å². The van der Waals surface area contributed by atoms with Crippen molar-refractivity contribution in [1.29, 1.82) is 0 Å². The lowest BCUT2D eigenvalue weighted by Gasteiger charge is -2.21. The lowest BCUT2D eigenvalue weighted by Crippen LogP contribution is -2.41. The standard InChI is InChI=1S/C15H22BrFN2O2/c1-10(8-19-14(20)21-15(2,3)4)18-9-11-5-6-12(16)13(17)7-11/h5-7,10,18H,8-9H2,1-4H3,(H,19,20). The highest BCUT2D eigenvalue weighted by Gasteiger charge is 2.16. The molecule has 1 atom stereocenters. The number of ether oxygens (including phenoxy) is 1. The average molecular weight is 361 g/mol. The van der Waals surface area contributed by atoms with Gasteiger partial charge in [0.25, 0.3) is 0 Å². The van der Waals surface area contributed by atoms with Crippen LogP contribution < -0.4 is 10.6 Å². The van der Waals surface area contributed by atoms with Crippen LogP contribution in [-0.2, 0) is 11.3 Å². The highest BCUT2D eigenvalue weighted by atomic mass is 79.9. The van der Waals surface area contributed by atoms with E-state index < -0.39 is 11.7 Å². The summed E-state index contributed by atoms with van der Waals surface area (Å²) < 4.78 is 19.0. The first-order valence-corrected chi connectivity index (χ1v) is 7.61. The second-order valence-electron chi connectivity index (χ2n) is 5.91. The van der Waals surface area contributed by atoms with Gasteiger partial charge in [0.2, 0.25) is 0 Å². The molecule has 0 saturated carbocycles. The Hall–Kier alpha value is -1.14. The number of rotatable bonds is 5. The van der Waals surface area contributed by atoms with Crippen molar-refractivity contribution in [2.75, 3.05) is 6.54 Å². The minimum atomic E-state index is -0.504. The zero-order valence-electron chi connectivity index (χ0n) is 12.8. The van der Waals surface area contributed by atoms with Crippen molar-refractivity contribution >= 4 is 22.0 Å². The SMILES string of the molecule is CC(CNC(=O)OC(C)(C)C)NCc1ccc(Br)c(F)c1. The van der Waals surface area contributed by atoms with Gasteiger partial charge in [-0.15, -0.1) is 0 Å². The smallest absolute Gasteiger partial charge is 0.407 e. The third-order valence-electron chi connectivity index (χ3n) is 2.59. The summed E-state index contributed by atoms with van der Waals surface area (Å²) in [6.07, 6.45) is -0.439. The van der Waals surface area contributed by atoms with Gasteiger partial charge >= 0.3 is 6.09 Å². The number of benzene rings is 1. The Morgan fingerprint density at radius 3 is 2.67 bits per heavy atom. The van der Waals surface area contributed by atoms with Gasteiger partial charge in [-0.1, -0.05) is 6.07 Å². The molecule has 0 aromatic heterocycles. The van der Waals surface area contributed by atoms with E-state index in [1.165, 1.54) is 6.07 Å². The Bertz CT molecular complexity index is 489. The summed E-state index contributed by atoms with van der Waals surface area (Å²) in [6.45, 7) is 8.35. The summed E-state index contributed by atoms with van der Waals surface area (Å²) in [5, 5.41) is 5.90. The predicted molar refractivity (Wildman–Crippen MR) is 84.6 cm³/mol. The molecule has 1 aromatic rings. The molecular weight excluding hydrogens is 339 g/mol. The second-order valence-corrected chi connectivity index (χ2v) is 6.77. The third-order valence-corrected chi connectivity index (χ3v) is 3.23. The van der Waals surface area contributed by atoms with Crippen LogP contribution in [0.2, 0.25) is 0 Å². The molecular formula is C15H22BrFN2O2. The highest BCUT2D eigenvalue weighted by Crippen LogP contribution is 2.16. The molecule has 1 amide bonds. The number of carbonyl (C=O) groups excluding carboxylic acids is 1. The predicted octanol–water partition coefficient (Wildman–Crippen LogP) is 3.59. The van der Waals surface area contributed by atoms with Gasteiger partial charge in [-0.3, -0.25) is 0 Å². The van der Waals surface area contributed by atoms with Gasteiger partial charge in [-0.2, -0.15) is 0 Å². The summed E-state index contributed by atoms with van der Waals surface area (Å²) in [7, 11) is 0. The van der Waals surface area contributed by atoms with E-state index in [9.17, 15) is 9.18 Å². The van der Waals surface area contributed by atoms with Gasteiger partial charge < -0.3 is 15.4 Å². The Morgan fingerprint density at radius 2 is 2.10 bits per heavy atom. The van der Waals surface area contributed by atoms with E-state index >= 15 is 0 Å². The number of hydrogen-bond donors (Lipinski definition) is 2. The molecule has 2 N–H and O–H groups in total. The normalized spacial score (nSPS) is 12.9. The first-order valence-electron chi connectivity index (χ1n) is 6.81. The van der Waals surface area contributed by atoms with Crippen molar-refractivity contribution < 1.29 is 13.9 Å². The van der Waals surface area contributed by atoms with Gasteiger partial charge in [-0.25, -0.2) is 9.18 Å². The van der Waals surface area contributed by atoms with E-state index in [0.717, 1.165) is 5.56 Å². The van der Waals surface area contributed by atoms with Crippen molar-refractivity contribution in [2.24, 2.45) is 0 Å². The van der Waals surface area contributed by atoms with Crippen LogP contribution in [0.25, 0.3) is 0 Å². The number of carbonyl (C=O) groups is 1. The fraction of sp³-hybridized carbons (Fsp3) is 0.533. The molecule has 21 heavy (non-hydrogen) atoms. The molecule has 1 rings (SSSR count). The van der Waals surface area contributed by atoms with E-state index in [4.69, 9.17) is 4.74 Å². The summed E-state index contributed by atoms with van der Waals surface area (Å²) in [5.41, 5.74) is 0.343. The molecule has 1 unspecified atom stereocenters. The van der Waals surface area contributed by atoms with Crippen LogP contribution in [0.15, 0.2) is 22.7 Å². The molecule has 4 nitrogen and oxygen atoms in total. The van der Waals surface area contributed by atoms with Crippen LogP contribution in [0.5, 0.6) is 0 Å². The maximum Gasteiger partial charge on any atom is 0.407 e. The monoisotopic (exact) mass is 360 g/mol. The van der Waals surface area contributed by atoms with Crippen molar-refractivity contribution in [3.63, 3.8) is 0 Å². The molecule has 0 fully saturated rings. The average Bonchev–Trinajstić information content (AvgIpc) is 2.36. The zero-order valence-corrected chi connectivity index (χ0v) is 14.4. The van der Waals surface area contributed by atoms with Crippen LogP contribution in [0, 0.1) is 5.82 Å². The van der Waals surface area contributed by atoms with E-state index in [1.807, 2.05) is 33.8 Å². The van der Waals surface area contributed by atoms with E-state index in [1.54, 1.807) is 6.07 Å². The highest BCUT2D eigenvalue weighted by molar-refractivity contribution is 9.10. The van der Waals surface area contributed by atoms with Crippen molar-refractivity contribution in [2.45, 2.75) is 45.9 Å². The van der Waals surface area contributed by atoms with Gasteiger partial charge in [-0.05, 0) is 61.3 Å². The molecule has 0 bridgehead atoms. The van der Waals surface area contributed by atoms with Gasteiger partial charge in [0, 0.05) is 19.1 Å². The van der Waals surface area contributed by atoms with Crippen molar-refractivity contribution in [1.82, 2.24) is 10.6 Å². The molecule has 0 spiro atoms. The Kier molecular flexibility index (Phi) is 6.61. The van der Waals surface area contributed by atoms with Crippen LogP contribution in [-0.4, -0.2) is 24.3 Å². The maximum absolute atomic E-state index is 13.4. The number of nitrogens with one attached hydrogen (secondary N) is 2. The molecule has 0 aliphatic heterocycles. The molecule has 6 heteroatoms. The third kappa shape index (κ3) is 7.43. The summed E-state index contributed by atoms with van der Waals surface area (Å²) in [6, 6.07) is 5.04. The van der Waals surface area contributed by atoms with Crippen LogP contribution in [0.1, 0.15) is 33.3 Å². The minimum absolute atomic E-state index is 0.0456. The number of hydrogen-bond acceptors (Lipinski definition) is 3. The molecule has 1 aromatic carbocycles. The lowest BCUT2D eigenvalue weighted by atomic mass is 10.2. The molecule has 118 valence electrons. The molecule has 0 aliphatic rings. The maximum atomic E-state index is 13.4. The van der Waals surface area contributed by atoms with Gasteiger partial charge in [0.15, 0.2) is 0 Å². The molecule has 0 saturated heterocycles. The number of halogens is 2. The second kappa shape index (κ2) is 7.75. The van der Waals surface area contributed by atoms with E-state index in [2.05, 4.69) is 26.6 Å². The largest absolute Gasteiger partial charge is 0.444 e. The quantitative estimate of drug-likeness (QED) is 0.843. The zero-order chi connectivity index (χ0) is 16.0. The summed E-state index contributed by atoms with van der Waals surface area (Å²) >= 11 is 3.12.